The summed E-state index contributed by atoms with van der Waals surface area (Å²) in [4.78, 5) is 40.8. The van der Waals surface area contributed by atoms with Crippen molar-refractivity contribution in [3.05, 3.63) is 48.6 Å². The number of hydrogen-bond acceptors (Lipinski definition) is 12. The Balaban J connectivity index is 2.69. The highest BCUT2D eigenvalue weighted by atomic mass is 16.7. The second-order valence-electron chi connectivity index (χ2n) is 17.1. The first-order valence-corrected chi connectivity index (χ1v) is 25.7. The summed E-state index contributed by atoms with van der Waals surface area (Å²) in [6, 6.07) is 0. The lowest BCUT2D eigenvalue weighted by Crippen LogP contribution is -2.37. The molecule has 1 saturated heterocycles. The van der Waals surface area contributed by atoms with Gasteiger partial charge in [0.05, 0.1) is 39.0 Å². The highest BCUT2D eigenvalue weighted by Gasteiger charge is 2.22. The summed E-state index contributed by atoms with van der Waals surface area (Å²) in [5.74, 6) is -1.03. The molecular weight excluding hydrogens is 827 g/mol. The van der Waals surface area contributed by atoms with Crippen molar-refractivity contribution in [1.29, 1.82) is 0 Å². The van der Waals surface area contributed by atoms with Crippen molar-refractivity contribution in [3.63, 3.8) is 0 Å². The molecule has 0 aromatic carbocycles. The molecule has 1 heterocycles. The Hall–Kier alpha value is -3.03. The normalized spacial score (nSPS) is 14.9. The van der Waals surface area contributed by atoms with Gasteiger partial charge in [0.2, 0.25) is 0 Å². The van der Waals surface area contributed by atoms with Crippen LogP contribution in [0.3, 0.4) is 0 Å². The summed E-state index contributed by atoms with van der Waals surface area (Å²) >= 11 is 0. The summed E-state index contributed by atoms with van der Waals surface area (Å²) < 4.78 is 46.3. The van der Waals surface area contributed by atoms with Gasteiger partial charge in [-0.3, -0.25) is 9.59 Å². The molecule has 0 aromatic heterocycles. The maximum absolute atomic E-state index is 12.9. The quantitative estimate of drug-likeness (QED) is 0.0190. The Kier molecular flexibility index (Phi) is 41.3. The van der Waals surface area contributed by atoms with Crippen LogP contribution in [0.4, 0.5) is 4.79 Å². The predicted molar refractivity (Wildman–Crippen MR) is 261 cm³/mol. The fourth-order valence-electron chi connectivity index (χ4n) is 6.97. The third kappa shape index (κ3) is 37.7. The van der Waals surface area contributed by atoms with E-state index in [1.165, 1.54) is 0 Å². The second-order valence-corrected chi connectivity index (χ2v) is 17.1. The molecule has 1 aliphatic rings. The van der Waals surface area contributed by atoms with E-state index in [1.807, 2.05) is 24.3 Å². The first-order chi connectivity index (χ1) is 31.8. The van der Waals surface area contributed by atoms with E-state index in [-0.39, 0.29) is 69.7 Å². The van der Waals surface area contributed by atoms with Crippen LogP contribution in [0.5, 0.6) is 0 Å². The summed E-state index contributed by atoms with van der Waals surface area (Å²) in [6.45, 7) is 15.7. The zero-order chi connectivity index (χ0) is 47.3. The Bertz CT molecular complexity index is 1140. The summed E-state index contributed by atoms with van der Waals surface area (Å²) in [5, 5.41) is 0. The standard InChI is InChI=1S/C53H93NO11/c1-6-11-15-19-27-38-58-51(59-39-28-20-16-12-7-2)35-25-23-33-49(55)62-44-48(46-65-53(57)64-43-47-32-31-37-54(10-5)42-47)45-63-50(56)34-24-26-36-52(60-40-29-21-17-13-8-3)61-41-30-22-18-14-9-4/h19-22,27-30,47-48,51-52H,6-18,23-26,31-46H2,1-5H3/b27-19+,28-20+,29-21+,30-22+. The Morgan fingerprint density at radius 2 is 0.938 bits per heavy atom. The first-order valence-electron chi connectivity index (χ1n) is 25.7. The number of esters is 2. The van der Waals surface area contributed by atoms with Crippen LogP contribution in [0.1, 0.15) is 176 Å². The SMILES string of the molecule is CCCC/C=C/COC(CCCCC(=O)OCC(COC(=O)CCCCC(OC/C=C/CCCC)OC/C=C/CCCC)COC(=O)OCC1CCCN(CC)C1)OC/C=C/CCCC. The smallest absolute Gasteiger partial charge is 0.465 e. The van der Waals surface area contributed by atoms with Crippen LogP contribution in [-0.4, -0.2) is 108 Å². The van der Waals surface area contributed by atoms with Crippen LogP contribution in [0.25, 0.3) is 0 Å². The molecule has 0 aromatic rings. The fraction of sp³-hybridized carbons (Fsp3) is 0.792. The van der Waals surface area contributed by atoms with Crippen LogP contribution >= 0.6 is 0 Å². The molecule has 0 radical (unpaired) electrons. The van der Waals surface area contributed by atoms with Gasteiger partial charge in [0, 0.05) is 25.3 Å². The van der Waals surface area contributed by atoms with Crippen molar-refractivity contribution in [2.75, 3.05) is 72.5 Å². The molecule has 1 aliphatic heterocycles. The molecule has 0 N–H and O–H groups in total. The molecule has 1 unspecified atom stereocenters. The Morgan fingerprint density at radius 1 is 0.523 bits per heavy atom. The maximum Gasteiger partial charge on any atom is 0.508 e. The van der Waals surface area contributed by atoms with Crippen LogP contribution in [-0.2, 0) is 47.5 Å². The van der Waals surface area contributed by atoms with Gasteiger partial charge in [0.25, 0.3) is 0 Å². The van der Waals surface area contributed by atoms with Crippen molar-refractivity contribution in [2.24, 2.45) is 11.8 Å². The lowest BCUT2D eigenvalue weighted by molar-refractivity contribution is -0.150. The monoisotopic (exact) mass is 920 g/mol. The minimum Gasteiger partial charge on any atom is -0.465 e. The van der Waals surface area contributed by atoms with Gasteiger partial charge >= 0.3 is 18.1 Å². The number of hydrogen-bond donors (Lipinski definition) is 0. The van der Waals surface area contributed by atoms with Crippen LogP contribution < -0.4 is 0 Å². The fourth-order valence-corrected chi connectivity index (χ4v) is 6.97. The van der Waals surface area contributed by atoms with Gasteiger partial charge in [-0.05, 0) is 90.1 Å². The van der Waals surface area contributed by atoms with E-state index in [0.717, 1.165) is 122 Å². The molecule has 1 atom stereocenters. The van der Waals surface area contributed by atoms with Gasteiger partial charge in [-0.25, -0.2) is 4.79 Å². The molecule has 0 bridgehead atoms. The zero-order valence-corrected chi connectivity index (χ0v) is 41.7. The molecule has 376 valence electrons. The van der Waals surface area contributed by atoms with E-state index in [0.29, 0.717) is 52.1 Å². The largest absolute Gasteiger partial charge is 0.508 e. The Morgan fingerprint density at radius 3 is 1.34 bits per heavy atom. The second kappa shape index (κ2) is 44.8. The summed E-state index contributed by atoms with van der Waals surface area (Å²) in [6.07, 6.45) is 35.1. The number of allylic oxidation sites excluding steroid dienone is 4. The van der Waals surface area contributed by atoms with Gasteiger partial charge in [-0.2, -0.15) is 0 Å². The molecule has 12 heteroatoms. The van der Waals surface area contributed by atoms with E-state index in [2.05, 4.69) is 63.8 Å². The van der Waals surface area contributed by atoms with Crippen LogP contribution in [0.2, 0.25) is 0 Å². The van der Waals surface area contributed by atoms with E-state index in [4.69, 9.17) is 37.9 Å². The van der Waals surface area contributed by atoms with Crippen LogP contribution in [0, 0.1) is 11.8 Å². The predicted octanol–water partition coefficient (Wildman–Crippen LogP) is 12.4. The van der Waals surface area contributed by atoms with Crippen molar-refractivity contribution in [1.82, 2.24) is 4.90 Å². The molecule has 1 fully saturated rings. The lowest BCUT2D eigenvalue weighted by atomic mass is 9.99. The minimum absolute atomic E-state index is 0.0623. The number of piperidine rings is 1. The highest BCUT2D eigenvalue weighted by Crippen LogP contribution is 2.17. The third-order valence-electron chi connectivity index (χ3n) is 11.1. The molecule has 1 rings (SSSR count). The first kappa shape index (κ1) is 60.0. The number of unbranched alkanes of at least 4 members (excludes halogenated alkanes) is 10. The minimum atomic E-state index is -0.778. The van der Waals surface area contributed by atoms with Gasteiger partial charge in [-0.15, -0.1) is 0 Å². The number of rotatable bonds is 43. The molecule has 0 aliphatic carbocycles. The number of nitrogens with zero attached hydrogens (tertiary/aromatic N) is 1. The molecular formula is C53H93NO11. The van der Waals surface area contributed by atoms with Gasteiger partial charge < -0.3 is 42.8 Å². The van der Waals surface area contributed by atoms with Crippen molar-refractivity contribution in [2.45, 2.75) is 188 Å². The number of ether oxygens (including phenoxy) is 8. The van der Waals surface area contributed by atoms with E-state index >= 15 is 0 Å². The van der Waals surface area contributed by atoms with E-state index < -0.39 is 12.1 Å². The van der Waals surface area contributed by atoms with Gasteiger partial charge in [0.15, 0.2) is 12.6 Å². The topological polar surface area (TPSA) is 128 Å². The molecule has 0 amide bonds. The average Bonchev–Trinajstić information content (AvgIpc) is 3.31. The maximum atomic E-state index is 12.9. The van der Waals surface area contributed by atoms with E-state index in [9.17, 15) is 14.4 Å². The Labute approximate surface area is 395 Å². The summed E-state index contributed by atoms with van der Waals surface area (Å²) in [7, 11) is 0. The van der Waals surface area contributed by atoms with Gasteiger partial charge in [0.1, 0.15) is 19.8 Å². The van der Waals surface area contributed by atoms with Crippen LogP contribution in [0.15, 0.2) is 48.6 Å². The van der Waals surface area contributed by atoms with Gasteiger partial charge in [-0.1, -0.05) is 135 Å². The lowest BCUT2D eigenvalue weighted by Gasteiger charge is -2.31. The molecule has 0 saturated carbocycles. The number of likely N-dealkylation sites (tertiary alicyclic amines) is 1. The number of carbonyl (C=O) groups is 3. The number of carbonyl (C=O) groups excluding carboxylic acids is 3. The third-order valence-corrected chi connectivity index (χ3v) is 11.1. The molecule has 0 spiro atoms. The molecule has 12 nitrogen and oxygen atoms in total. The van der Waals surface area contributed by atoms with Crippen molar-refractivity contribution < 1.29 is 52.3 Å². The van der Waals surface area contributed by atoms with E-state index in [1.54, 1.807) is 0 Å². The average molecular weight is 920 g/mol. The summed E-state index contributed by atoms with van der Waals surface area (Å²) in [5.41, 5.74) is 0. The van der Waals surface area contributed by atoms with Crippen molar-refractivity contribution >= 4 is 18.1 Å². The highest BCUT2D eigenvalue weighted by molar-refractivity contribution is 5.69. The molecule has 65 heavy (non-hydrogen) atoms. The van der Waals surface area contributed by atoms with Crippen molar-refractivity contribution in [3.8, 4) is 0 Å². The zero-order valence-electron chi connectivity index (χ0n) is 41.7.